The number of amides is 2. The molecule has 2 N–H and O–H groups in total. The lowest BCUT2D eigenvalue weighted by molar-refractivity contribution is -0.144. The molecule has 1 aliphatic rings. The molecule has 1 fully saturated rings. The van der Waals surface area contributed by atoms with Crippen LogP contribution in [0, 0.1) is 10.8 Å². The van der Waals surface area contributed by atoms with Gasteiger partial charge in [0, 0.05) is 44.5 Å². The van der Waals surface area contributed by atoms with Crippen molar-refractivity contribution in [3.63, 3.8) is 0 Å². The van der Waals surface area contributed by atoms with E-state index in [-0.39, 0.29) is 30.6 Å². The molecule has 3 atom stereocenters. The third-order valence-corrected chi connectivity index (χ3v) is 5.43. The lowest BCUT2D eigenvalue weighted by atomic mass is 9.85. The Hall–Kier alpha value is -2.29. The van der Waals surface area contributed by atoms with Crippen LogP contribution in [-0.2, 0) is 20.8 Å². The smallest absolute Gasteiger partial charge is 0.248 e. The zero-order valence-corrected chi connectivity index (χ0v) is 19.1. The fourth-order valence-electron chi connectivity index (χ4n) is 3.68. The van der Waals surface area contributed by atoms with Crippen LogP contribution >= 0.6 is 0 Å². The molecule has 168 valence electrons. The van der Waals surface area contributed by atoms with Gasteiger partial charge in [0.25, 0.3) is 0 Å². The predicted octanol–water partition coefficient (Wildman–Crippen LogP) is 1.12. The van der Waals surface area contributed by atoms with Gasteiger partial charge in [0.1, 0.15) is 17.9 Å². The van der Waals surface area contributed by atoms with Gasteiger partial charge >= 0.3 is 0 Å². The number of likely N-dealkylation sites (N-methyl/N-ethyl adjacent to an activating group) is 1. The van der Waals surface area contributed by atoms with Crippen LogP contribution in [0.3, 0.4) is 0 Å². The molecule has 2 heterocycles. The number of aliphatic hydroxyl groups is 1. The molecule has 1 aromatic rings. The SMILES string of the molecule is CNC(=O)[C@H]1CC(O)CN1C(=O)C(n1cc(CCC(=O)C(C)(C)C)nn1)C(C)(C)C. The van der Waals surface area contributed by atoms with Crippen LogP contribution in [-0.4, -0.2) is 68.3 Å². The number of nitrogens with zero attached hydrogens (tertiary/aromatic N) is 4. The number of carbonyl (C=O) groups excluding carboxylic acids is 3. The number of aromatic nitrogens is 3. The molecule has 2 amide bonds. The van der Waals surface area contributed by atoms with Crippen molar-refractivity contribution in [2.45, 2.75) is 79.0 Å². The molecule has 1 aromatic heterocycles. The predicted molar refractivity (Wildman–Crippen MR) is 111 cm³/mol. The van der Waals surface area contributed by atoms with Crippen molar-refractivity contribution < 1.29 is 19.5 Å². The molecular formula is C21H35N5O4. The highest BCUT2D eigenvalue weighted by molar-refractivity contribution is 5.90. The van der Waals surface area contributed by atoms with Crippen LogP contribution in [0.5, 0.6) is 0 Å². The molecule has 0 aromatic carbocycles. The van der Waals surface area contributed by atoms with Crippen molar-refractivity contribution in [2.75, 3.05) is 13.6 Å². The van der Waals surface area contributed by atoms with Gasteiger partial charge in [0.15, 0.2) is 0 Å². The Morgan fingerprint density at radius 1 is 1.23 bits per heavy atom. The average molecular weight is 422 g/mol. The minimum atomic E-state index is -0.744. The summed E-state index contributed by atoms with van der Waals surface area (Å²) < 4.78 is 1.52. The summed E-state index contributed by atoms with van der Waals surface area (Å²) in [4.78, 5) is 39.3. The highest BCUT2D eigenvalue weighted by atomic mass is 16.3. The summed E-state index contributed by atoms with van der Waals surface area (Å²) in [6.45, 7) is 11.5. The van der Waals surface area contributed by atoms with Crippen LogP contribution in [0.25, 0.3) is 0 Å². The Morgan fingerprint density at radius 2 is 1.87 bits per heavy atom. The maximum atomic E-state index is 13.5. The normalized spacial score (nSPS) is 20.9. The molecule has 0 saturated carbocycles. The van der Waals surface area contributed by atoms with Crippen molar-refractivity contribution in [2.24, 2.45) is 10.8 Å². The summed E-state index contributed by atoms with van der Waals surface area (Å²) in [5.41, 5.74) is -0.283. The molecule has 1 aliphatic heterocycles. The highest BCUT2D eigenvalue weighted by Gasteiger charge is 2.45. The van der Waals surface area contributed by atoms with E-state index in [0.717, 1.165) is 0 Å². The van der Waals surface area contributed by atoms with Crippen LogP contribution < -0.4 is 5.32 Å². The minimum Gasteiger partial charge on any atom is -0.391 e. The molecule has 1 saturated heterocycles. The van der Waals surface area contributed by atoms with Crippen LogP contribution in [0.1, 0.15) is 66.1 Å². The molecule has 2 rings (SSSR count). The fourth-order valence-corrected chi connectivity index (χ4v) is 3.68. The van der Waals surface area contributed by atoms with Crippen LogP contribution in [0.4, 0.5) is 0 Å². The summed E-state index contributed by atoms with van der Waals surface area (Å²) in [5.74, 6) is -0.442. The van der Waals surface area contributed by atoms with Crippen LogP contribution in [0.15, 0.2) is 6.20 Å². The number of Topliss-reactive ketones (excluding diaryl/α,β-unsaturated/α-hetero) is 1. The van der Waals surface area contributed by atoms with E-state index in [1.54, 1.807) is 6.20 Å². The van der Waals surface area contributed by atoms with E-state index in [1.807, 2.05) is 41.5 Å². The second kappa shape index (κ2) is 8.83. The summed E-state index contributed by atoms with van der Waals surface area (Å²) >= 11 is 0. The van der Waals surface area contributed by atoms with E-state index in [1.165, 1.54) is 16.6 Å². The largest absolute Gasteiger partial charge is 0.391 e. The van der Waals surface area contributed by atoms with Gasteiger partial charge in [-0.25, -0.2) is 4.68 Å². The van der Waals surface area contributed by atoms with Gasteiger partial charge in [0.2, 0.25) is 11.8 Å². The van der Waals surface area contributed by atoms with E-state index >= 15 is 0 Å². The van der Waals surface area contributed by atoms with Crippen molar-refractivity contribution in [3.05, 3.63) is 11.9 Å². The average Bonchev–Trinajstić information content (AvgIpc) is 3.23. The number of hydrogen-bond donors (Lipinski definition) is 2. The Morgan fingerprint density at radius 3 is 2.40 bits per heavy atom. The number of ketones is 1. The molecule has 30 heavy (non-hydrogen) atoms. The fraction of sp³-hybridized carbons (Fsp3) is 0.762. The van der Waals surface area contributed by atoms with Crippen molar-refractivity contribution in [1.82, 2.24) is 25.2 Å². The van der Waals surface area contributed by atoms with Gasteiger partial charge in [0.05, 0.1) is 11.8 Å². The van der Waals surface area contributed by atoms with Crippen LogP contribution in [0.2, 0.25) is 0 Å². The molecule has 0 aliphatic carbocycles. The van der Waals surface area contributed by atoms with Gasteiger partial charge < -0.3 is 15.3 Å². The Balaban J connectivity index is 2.25. The molecule has 2 unspecified atom stereocenters. The number of hydrogen-bond acceptors (Lipinski definition) is 6. The van der Waals surface area contributed by atoms with E-state index in [4.69, 9.17) is 0 Å². The number of likely N-dealkylation sites (tertiary alicyclic amines) is 1. The van der Waals surface area contributed by atoms with E-state index in [9.17, 15) is 19.5 Å². The zero-order chi connectivity index (χ0) is 22.9. The van der Waals surface area contributed by atoms with Gasteiger partial charge in [-0.2, -0.15) is 0 Å². The molecule has 0 spiro atoms. The van der Waals surface area contributed by atoms with Gasteiger partial charge in [-0.05, 0) is 5.41 Å². The Bertz CT molecular complexity index is 790. The summed E-state index contributed by atoms with van der Waals surface area (Å²) in [6, 6.07) is -1.41. The van der Waals surface area contributed by atoms with E-state index in [2.05, 4.69) is 15.6 Å². The number of nitrogens with one attached hydrogen (secondary N) is 1. The zero-order valence-electron chi connectivity index (χ0n) is 19.1. The topological polar surface area (TPSA) is 117 Å². The number of aryl methyl sites for hydroxylation is 1. The number of rotatable bonds is 6. The number of carbonyl (C=O) groups is 3. The van der Waals surface area contributed by atoms with Crippen molar-refractivity contribution in [1.29, 1.82) is 0 Å². The Kier molecular flexibility index (Phi) is 7.06. The second-order valence-corrected chi connectivity index (χ2v) is 10.1. The molecule has 0 bridgehead atoms. The summed E-state index contributed by atoms with van der Waals surface area (Å²) in [6.07, 6.45) is 1.97. The maximum absolute atomic E-state index is 13.5. The van der Waals surface area contributed by atoms with Crippen molar-refractivity contribution >= 4 is 17.6 Å². The summed E-state index contributed by atoms with van der Waals surface area (Å²) in [5, 5.41) is 21.0. The van der Waals surface area contributed by atoms with E-state index in [0.29, 0.717) is 18.5 Å². The molecular weight excluding hydrogens is 386 g/mol. The van der Waals surface area contributed by atoms with Gasteiger partial charge in [-0.15, -0.1) is 5.10 Å². The van der Waals surface area contributed by atoms with E-state index < -0.39 is 29.0 Å². The first-order chi connectivity index (χ1) is 13.8. The Labute approximate surface area is 178 Å². The standard InChI is InChI=1S/C21H35N5O4/c1-20(2,3)16(28)9-8-13-11-26(24-23-13)17(21(4,5)6)19(30)25-12-14(27)10-15(25)18(29)22-7/h11,14-15,17,27H,8-10,12H2,1-7H3,(H,22,29)/t14?,15-,17?/m1/s1. The van der Waals surface area contributed by atoms with Gasteiger partial charge in [-0.1, -0.05) is 46.8 Å². The first kappa shape index (κ1) is 24.0. The summed E-state index contributed by atoms with van der Waals surface area (Å²) in [7, 11) is 1.51. The lowest BCUT2D eigenvalue weighted by Gasteiger charge is -2.34. The first-order valence-electron chi connectivity index (χ1n) is 10.4. The maximum Gasteiger partial charge on any atom is 0.248 e. The highest BCUT2D eigenvalue weighted by Crippen LogP contribution is 2.34. The first-order valence-corrected chi connectivity index (χ1v) is 10.4. The second-order valence-electron chi connectivity index (χ2n) is 10.1. The quantitative estimate of drug-likeness (QED) is 0.711. The molecule has 0 radical (unpaired) electrons. The number of aliphatic hydroxyl groups excluding tert-OH is 1. The molecule has 9 nitrogen and oxygen atoms in total. The van der Waals surface area contributed by atoms with Gasteiger partial charge in [-0.3, -0.25) is 14.4 Å². The van der Waals surface area contributed by atoms with Crippen molar-refractivity contribution in [3.8, 4) is 0 Å². The monoisotopic (exact) mass is 421 g/mol. The third-order valence-electron chi connectivity index (χ3n) is 5.43. The lowest BCUT2D eigenvalue weighted by Crippen LogP contribution is -2.49. The number of β-amino-alcohol motifs (C(OH)–C–C–N with tert-alkyl or cyclic N) is 1. The third kappa shape index (κ3) is 5.44. The molecule has 9 heteroatoms. The minimum absolute atomic E-state index is 0.102.